The zero-order valence-corrected chi connectivity index (χ0v) is 18.0. The Hall–Kier alpha value is -1.12. The first-order valence-corrected chi connectivity index (χ1v) is 11.3. The average Bonchev–Trinajstić information content (AvgIpc) is 2.88. The van der Waals surface area contributed by atoms with Gasteiger partial charge in [-0.05, 0) is 48.8 Å². The van der Waals surface area contributed by atoms with Crippen molar-refractivity contribution < 1.29 is 33.0 Å². The largest absolute Gasteiger partial charge is 0.390 e. The number of carbonyl (C=O) groups is 2. The van der Waals surface area contributed by atoms with Crippen molar-refractivity contribution in [2.75, 3.05) is 6.01 Å². The van der Waals surface area contributed by atoms with E-state index in [4.69, 9.17) is 0 Å². The summed E-state index contributed by atoms with van der Waals surface area (Å²) in [6, 6.07) is -0.997. The topological polar surface area (TPSA) is 74.6 Å². The Morgan fingerprint density at radius 2 is 1.97 bits per heavy atom. The Morgan fingerprint density at radius 1 is 1.30 bits per heavy atom. The molecule has 9 unspecified atom stereocenters. The quantitative estimate of drug-likeness (QED) is 0.682. The summed E-state index contributed by atoms with van der Waals surface area (Å²) >= 11 is 0.370. The van der Waals surface area contributed by atoms with Crippen LogP contribution in [0.4, 0.5) is 13.2 Å². The van der Waals surface area contributed by atoms with Crippen LogP contribution in [0.5, 0.6) is 0 Å². The molecule has 0 aromatic heterocycles. The molecule has 4 aliphatic carbocycles. The van der Waals surface area contributed by atoms with Crippen LogP contribution in [0.15, 0.2) is 23.8 Å². The number of carbonyl (C=O) groups excluding carboxylic acids is 2. The average molecular weight is 445 g/mol. The summed E-state index contributed by atoms with van der Waals surface area (Å²) in [5.74, 6) is -2.73. The highest BCUT2D eigenvalue weighted by Gasteiger charge is 2.78. The third-order valence-corrected chi connectivity index (χ3v) is 9.41. The summed E-state index contributed by atoms with van der Waals surface area (Å²) in [6.07, 6.45) is 0.247. The normalized spacial score (nSPS) is 52.3. The van der Waals surface area contributed by atoms with Gasteiger partial charge in [0, 0.05) is 16.7 Å². The van der Waals surface area contributed by atoms with Crippen molar-refractivity contribution in [3.05, 3.63) is 23.8 Å². The Labute approximate surface area is 178 Å². The number of aliphatic hydroxyl groups is 2. The number of rotatable bonds is 2. The molecule has 4 rings (SSSR count). The highest BCUT2D eigenvalue weighted by Crippen LogP contribution is 2.73. The molecule has 0 heterocycles. The molecule has 4 nitrogen and oxygen atoms in total. The number of alkyl halides is 3. The summed E-state index contributed by atoms with van der Waals surface area (Å²) in [4.78, 5) is 24.6. The highest BCUT2D eigenvalue weighted by atomic mass is 32.2. The molecule has 8 heteroatoms. The van der Waals surface area contributed by atoms with Gasteiger partial charge in [-0.25, -0.2) is 13.2 Å². The van der Waals surface area contributed by atoms with Crippen LogP contribution in [0.1, 0.15) is 40.0 Å². The second-order valence-electron chi connectivity index (χ2n) is 9.87. The molecule has 4 aliphatic rings. The SMILES string of the molecule is CC1CC2C(C)(CC(O)C3(F)C4C=CC(=O)C=C4C(F)CC23C)C1(O)C(=O)SCF. The van der Waals surface area contributed by atoms with Crippen LogP contribution in [-0.2, 0) is 9.59 Å². The predicted octanol–water partition coefficient (Wildman–Crippen LogP) is 3.47. The summed E-state index contributed by atoms with van der Waals surface area (Å²) in [7, 11) is 0. The maximum absolute atomic E-state index is 16.9. The Morgan fingerprint density at radius 3 is 2.60 bits per heavy atom. The third kappa shape index (κ3) is 2.39. The van der Waals surface area contributed by atoms with Crippen molar-refractivity contribution in [3.63, 3.8) is 0 Å². The van der Waals surface area contributed by atoms with Crippen molar-refractivity contribution in [2.24, 2.45) is 28.6 Å². The van der Waals surface area contributed by atoms with Crippen molar-refractivity contribution >= 4 is 22.7 Å². The van der Waals surface area contributed by atoms with Gasteiger partial charge in [-0.1, -0.05) is 38.6 Å². The Bertz CT molecular complexity index is 861. The van der Waals surface area contributed by atoms with E-state index in [1.54, 1.807) is 20.8 Å². The van der Waals surface area contributed by atoms with E-state index in [1.807, 2.05) is 0 Å². The van der Waals surface area contributed by atoms with Gasteiger partial charge in [0.15, 0.2) is 11.5 Å². The maximum Gasteiger partial charge on any atom is 0.223 e. The zero-order chi connectivity index (χ0) is 22.3. The number of hydrogen-bond acceptors (Lipinski definition) is 5. The van der Waals surface area contributed by atoms with Gasteiger partial charge in [-0.3, -0.25) is 9.59 Å². The van der Waals surface area contributed by atoms with E-state index >= 15 is 8.78 Å². The predicted molar refractivity (Wildman–Crippen MR) is 107 cm³/mol. The lowest BCUT2D eigenvalue weighted by molar-refractivity contribution is -0.242. The summed E-state index contributed by atoms with van der Waals surface area (Å²) in [5.41, 5.74) is -6.82. The molecule has 0 aromatic carbocycles. The molecule has 0 radical (unpaired) electrons. The molecule has 9 atom stereocenters. The number of hydrogen-bond donors (Lipinski definition) is 2. The van der Waals surface area contributed by atoms with Gasteiger partial charge in [0.1, 0.15) is 17.8 Å². The number of ketones is 1. The molecular formula is C22H27F3O4S. The molecule has 0 aromatic rings. The summed E-state index contributed by atoms with van der Waals surface area (Å²) in [6.45, 7) is 4.87. The number of allylic oxidation sites excluding steroid dienone is 4. The summed E-state index contributed by atoms with van der Waals surface area (Å²) < 4.78 is 45.1. The van der Waals surface area contributed by atoms with Crippen LogP contribution in [0.2, 0.25) is 0 Å². The van der Waals surface area contributed by atoms with Gasteiger partial charge >= 0.3 is 0 Å². The molecule has 0 saturated heterocycles. The fourth-order valence-corrected chi connectivity index (χ4v) is 8.04. The molecule has 3 saturated carbocycles. The van der Waals surface area contributed by atoms with Gasteiger partial charge in [0.25, 0.3) is 0 Å². The minimum atomic E-state index is -2.26. The van der Waals surface area contributed by atoms with Gasteiger partial charge in [-0.2, -0.15) is 0 Å². The van der Waals surface area contributed by atoms with Crippen molar-refractivity contribution in [2.45, 2.75) is 63.6 Å². The van der Waals surface area contributed by atoms with Gasteiger partial charge < -0.3 is 10.2 Å². The van der Waals surface area contributed by atoms with Crippen LogP contribution >= 0.6 is 11.8 Å². The smallest absolute Gasteiger partial charge is 0.223 e. The molecule has 166 valence electrons. The third-order valence-electron chi connectivity index (χ3n) is 8.72. The lowest BCUT2D eigenvalue weighted by Gasteiger charge is -2.65. The van der Waals surface area contributed by atoms with E-state index < -0.39 is 69.0 Å². The van der Waals surface area contributed by atoms with Crippen molar-refractivity contribution in [1.82, 2.24) is 0 Å². The van der Waals surface area contributed by atoms with Crippen LogP contribution in [0.3, 0.4) is 0 Å². The van der Waals surface area contributed by atoms with E-state index in [9.17, 15) is 24.2 Å². The molecule has 3 fully saturated rings. The Balaban J connectivity index is 1.86. The van der Waals surface area contributed by atoms with E-state index in [0.717, 1.165) is 6.08 Å². The van der Waals surface area contributed by atoms with Crippen LogP contribution < -0.4 is 0 Å². The Kier molecular flexibility index (Phi) is 4.92. The van der Waals surface area contributed by atoms with Gasteiger partial charge in [0.2, 0.25) is 5.12 Å². The van der Waals surface area contributed by atoms with Crippen molar-refractivity contribution in [3.8, 4) is 0 Å². The van der Waals surface area contributed by atoms with Crippen LogP contribution in [0.25, 0.3) is 0 Å². The minimum Gasteiger partial charge on any atom is -0.390 e. The molecule has 0 bridgehead atoms. The summed E-state index contributed by atoms with van der Waals surface area (Å²) in [5, 5.41) is 21.9. The van der Waals surface area contributed by atoms with Crippen molar-refractivity contribution in [1.29, 1.82) is 0 Å². The molecule has 0 spiro atoms. The second kappa shape index (κ2) is 6.69. The van der Waals surface area contributed by atoms with E-state index in [2.05, 4.69) is 0 Å². The first kappa shape index (κ1) is 22.1. The molecule has 0 amide bonds. The maximum atomic E-state index is 16.9. The first-order valence-electron chi connectivity index (χ1n) is 10.3. The van der Waals surface area contributed by atoms with Gasteiger partial charge in [0.05, 0.1) is 6.10 Å². The minimum absolute atomic E-state index is 0.0375. The number of fused-ring (bicyclic) bond motifs is 5. The molecule has 0 aliphatic heterocycles. The first-order chi connectivity index (χ1) is 13.9. The van der Waals surface area contributed by atoms with E-state index in [-0.39, 0.29) is 24.8 Å². The fourth-order valence-electron chi connectivity index (χ4n) is 7.29. The second-order valence-corrected chi connectivity index (χ2v) is 10.8. The monoisotopic (exact) mass is 444 g/mol. The fraction of sp³-hybridized carbons (Fsp3) is 0.727. The lowest BCUT2D eigenvalue weighted by Crippen LogP contribution is -2.71. The molecular weight excluding hydrogens is 417 g/mol. The molecule has 30 heavy (non-hydrogen) atoms. The van der Waals surface area contributed by atoms with E-state index in [0.29, 0.717) is 11.8 Å². The zero-order valence-electron chi connectivity index (χ0n) is 17.2. The highest BCUT2D eigenvalue weighted by molar-refractivity contribution is 8.13. The number of halogens is 3. The van der Waals surface area contributed by atoms with Crippen LogP contribution in [0, 0.1) is 28.6 Å². The number of aliphatic hydroxyl groups excluding tert-OH is 1. The standard InChI is InChI=1S/C22H27F3O4S/c1-11-6-16-19(2)8-15(24)13-7-12(26)4-5-14(13)21(19,25)17(27)9-20(16,3)22(11,29)18(28)30-10-23/h4-5,7,11,14-17,27,29H,6,8-10H2,1-3H3. The van der Waals surface area contributed by atoms with Gasteiger partial charge in [-0.15, -0.1) is 0 Å². The molecule has 2 N–H and O–H groups in total. The number of thioether (sulfide) groups is 1. The van der Waals surface area contributed by atoms with E-state index in [1.165, 1.54) is 12.2 Å². The lowest BCUT2D eigenvalue weighted by atomic mass is 9.42. The van der Waals surface area contributed by atoms with Crippen LogP contribution in [-0.4, -0.2) is 50.7 Å².